The molecule has 0 radical (unpaired) electrons. The lowest BCUT2D eigenvalue weighted by Crippen LogP contribution is -2.42. The number of rotatable bonds is 3. The Labute approximate surface area is 186 Å². The molecule has 3 aromatic heterocycles. The molecular formula is C26H24N6. The molecule has 6 nitrogen and oxygen atoms in total. The van der Waals surface area contributed by atoms with Crippen LogP contribution in [0, 0.1) is 0 Å². The van der Waals surface area contributed by atoms with E-state index in [1.165, 1.54) is 0 Å². The zero-order valence-corrected chi connectivity index (χ0v) is 17.7. The van der Waals surface area contributed by atoms with Gasteiger partial charge in [-0.2, -0.15) is 0 Å². The Kier molecular flexibility index (Phi) is 4.58. The minimum Gasteiger partial charge on any atom is -0.368 e. The molecule has 32 heavy (non-hydrogen) atoms. The Morgan fingerprint density at radius 3 is 2.81 bits per heavy atom. The summed E-state index contributed by atoms with van der Waals surface area (Å²) in [5, 5.41) is 1.13. The molecule has 158 valence electrons. The normalized spacial score (nSPS) is 16.7. The van der Waals surface area contributed by atoms with Gasteiger partial charge in [0.2, 0.25) is 0 Å². The summed E-state index contributed by atoms with van der Waals surface area (Å²) in [5.74, 6) is 0.864. The summed E-state index contributed by atoms with van der Waals surface area (Å²) in [5.41, 5.74) is 12.6. The number of piperidine rings is 1. The van der Waals surface area contributed by atoms with Gasteiger partial charge in [-0.15, -0.1) is 0 Å². The number of pyridine rings is 2. The Bertz CT molecular complexity index is 1410. The third kappa shape index (κ3) is 3.29. The number of nitrogens with zero attached hydrogens (tertiary/aromatic N) is 5. The molecule has 1 atom stereocenters. The predicted octanol–water partition coefficient (Wildman–Crippen LogP) is 4.56. The Morgan fingerprint density at radius 2 is 1.94 bits per heavy atom. The van der Waals surface area contributed by atoms with Gasteiger partial charge in [0.25, 0.3) is 0 Å². The van der Waals surface area contributed by atoms with Crippen molar-refractivity contribution in [1.82, 2.24) is 19.5 Å². The largest absolute Gasteiger partial charge is 0.368 e. The topological polar surface area (TPSA) is 72.9 Å². The van der Waals surface area contributed by atoms with Crippen LogP contribution >= 0.6 is 0 Å². The van der Waals surface area contributed by atoms with E-state index in [-0.39, 0.29) is 6.04 Å². The molecule has 5 aromatic rings. The lowest BCUT2D eigenvalue weighted by molar-refractivity contribution is 0.507. The molecule has 0 bridgehead atoms. The van der Waals surface area contributed by atoms with Crippen LogP contribution in [0.4, 0.5) is 5.69 Å². The summed E-state index contributed by atoms with van der Waals surface area (Å²) in [7, 11) is 0. The number of fused-ring (bicyclic) bond motifs is 2. The molecule has 0 aliphatic carbocycles. The van der Waals surface area contributed by atoms with Crippen molar-refractivity contribution in [3.8, 4) is 16.9 Å². The third-order valence-electron chi connectivity index (χ3n) is 6.27. The van der Waals surface area contributed by atoms with Crippen molar-refractivity contribution in [2.75, 3.05) is 18.0 Å². The number of hydrogen-bond acceptors (Lipinski definition) is 5. The van der Waals surface area contributed by atoms with E-state index in [4.69, 9.17) is 10.7 Å². The number of aromatic nitrogens is 4. The van der Waals surface area contributed by atoms with Gasteiger partial charge >= 0.3 is 0 Å². The van der Waals surface area contributed by atoms with E-state index >= 15 is 0 Å². The van der Waals surface area contributed by atoms with E-state index in [0.29, 0.717) is 0 Å². The van der Waals surface area contributed by atoms with Crippen LogP contribution in [0.1, 0.15) is 12.8 Å². The highest BCUT2D eigenvalue weighted by Gasteiger charge is 2.19. The lowest BCUT2D eigenvalue weighted by atomic mass is 10.0. The first kappa shape index (κ1) is 19.0. The molecule has 1 saturated heterocycles. The van der Waals surface area contributed by atoms with Crippen LogP contribution in [0.25, 0.3) is 38.9 Å². The molecule has 1 unspecified atom stereocenters. The summed E-state index contributed by atoms with van der Waals surface area (Å²) in [6.07, 6.45) is 7.71. The Hall–Kier alpha value is -3.77. The highest BCUT2D eigenvalue weighted by Crippen LogP contribution is 2.30. The van der Waals surface area contributed by atoms with Crippen molar-refractivity contribution in [1.29, 1.82) is 0 Å². The van der Waals surface area contributed by atoms with Gasteiger partial charge in [-0.25, -0.2) is 9.97 Å². The summed E-state index contributed by atoms with van der Waals surface area (Å²) >= 11 is 0. The van der Waals surface area contributed by atoms with Crippen molar-refractivity contribution >= 4 is 27.6 Å². The van der Waals surface area contributed by atoms with Crippen molar-refractivity contribution in [3.63, 3.8) is 0 Å². The Balaban J connectivity index is 1.43. The van der Waals surface area contributed by atoms with Crippen LogP contribution in [0.3, 0.4) is 0 Å². The molecular weight excluding hydrogens is 396 g/mol. The van der Waals surface area contributed by atoms with Crippen molar-refractivity contribution in [2.45, 2.75) is 18.9 Å². The van der Waals surface area contributed by atoms with Gasteiger partial charge in [0, 0.05) is 42.5 Å². The fraction of sp³-hybridized carbons (Fsp3) is 0.192. The first-order chi connectivity index (χ1) is 15.8. The molecule has 1 fully saturated rings. The van der Waals surface area contributed by atoms with Crippen LogP contribution < -0.4 is 10.6 Å². The second-order valence-electron chi connectivity index (χ2n) is 8.43. The van der Waals surface area contributed by atoms with E-state index in [0.717, 1.165) is 70.5 Å². The van der Waals surface area contributed by atoms with Gasteiger partial charge < -0.3 is 10.6 Å². The standard InChI is InChI=1S/C26H24N6/c27-21-6-3-13-31(16-21)24-7-1-4-18-9-11-25(30-26(18)24)32-17-29-22-14-19(8-10-23(22)32)20-5-2-12-28-15-20/h1-2,4-5,7-12,14-15,17,21H,3,6,13,16,27H2. The molecule has 6 heteroatoms. The molecule has 0 saturated carbocycles. The average Bonchev–Trinajstić information content (AvgIpc) is 3.27. The highest BCUT2D eigenvalue weighted by atomic mass is 15.2. The Morgan fingerprint density at radius 1 is 0.969 bits per heavy atom. The zero-order valence-electron chi connectivity index (χ0n) is 17.7. The SMILES string of the molecule is NC1CCCN(c2cccc3ccc(-n4cnc5cc(-c6cccnc6)ccc54)nc23)C1. The van der Waals surface area contributed by atoms with Gasteiger partial charge in [0.05, 0.1) is 22.2 Å². The fourth-order valence-corrected chi connectivity index (χ4v) is 4.65. The minimum absolute atomic E-state index is 0.216. The predicted molar refractivity (Wildman–Crippen MR) is 129 cm³/mol. The van der Waals surface area contributed by atoms with Gasteiger partial charge in [0.1, 0.15) is 12.1 Å². The molecule has 2 N–H and O–H groups in total. The fourth-order valence-electron chi connectivity index (χ4n) is 4.65. The molecule has 1 aliphatic heterocycles. The average molecular weight is 421 g/mol. The van der Waals surface area contributed by atoms with E-state index in [9.17, 15) is 0 Å². The highest BCUT2D eigenvalue weighted by molar-refractivity contribution is 5.92. The summed E-state index contributed by atoms with van der Waals surface area (Å²) in [6.45, 7) is 1.89. The van der Waals surface area contributed by atoms with Crippen molar-refractivity contribution in [2.24, 2.45) is 5.73 Å². The lowest BCUT2D eigenvalue weighted by Gasteiger charge is -2.33. The van der Waals surface area contributed by atoms with Gasteiger partial charge in [-0.05, 0) is 54.8 Å². The molecule has 1 aliphatic rings. The zero-order chi connectivity index (χ0) is 21.5. The van der Waals surface area contributed by atoms with Gasteiger partial charge in [-0.1, -0.05) is 24.3 Å². The smallest absolute Gasteiger partial charge is 0.139 e. The minimum atomic E-state index is 0.216. The summed E-state index contributed by atoms with van der Waals surface area (Å²) < 4.78 is 2.06. The van der Waals surface area contributed by atoms with E-state index in [1.807, 2.05) is 18.6 Å². The van der Waals surface area contributed by atoms with E-state index in [2.05, 4.69) is 74.0 Å². The van der Waals surface area contributed by atoms with Crippen LogP contribution in [-0.4, -0.2) is 38.7 Å². The van der Waals surface area contributed by atoms with Gasteiger partial charge in [-0.3, -0.25) is 9.55 Å². The third-order valence-corrected chi connectivity index (χ3v) is 6.27. The van der Waals surface area contributed by atoms with Crippen LogP contribution in [0.5, 0.6) is 0 Å². The second-order valence-corrected chi connectivity index (χ2v) is 8.43. The monoisotopic (exact) mass is 420 g/mol. The number of benzene rings is 2. The van der Waals surface area contributed by atoms with E-state index in [1.54, 1.807) is 6.20 Å². The molecule has 0 spiro atoms. The molecule has 0 amide bonds. The summed E-state index contributed by atoms with van der Waals surface area (Å²) in [4.78, 5) is 16.3. The first-order valence-corrected chi connectivity index (χ1v) is 11.0. The van der Waals surface area contributed by atoms with Crippen LogP contribution in [0.15, 0.2) is 79.4 Å². The molecule has 2 aromatic carbocycles. The number of para-hydroxylation sites is 1. The van der Waals surface area contributed by atoms with Crippen molar-refractivity contribution in [3.05, 3.63) is 79.4 Å². The second kappa shape index (κ2) is 7.73. The maximum absolute atomic E-state index is 6.25. The number of nitrogens with two attached hydrogens (primary N) is 1. The molecule has 6 rings (SSSR count). The van der Waals surface area contributed by atoms with E-state index < -0.39 is 0 Å². The van der Waals surface area contributed by atoms with Gasteiger partial charge in [0.15, 0.2) is 0 Å². The number of anilines is 1. The first-order valence-electron chi connectivity index (χ1n) is 11.0. The molecule has 4 heterocycles. The maximum atomic E-state index is 6.25. The van der Waals surface area contributed by atoms with Crippen molar-refractivity contribution < 1.29 is 0 Å². The summed E-state index contributed by atoms with van der Waals surface area (Å²) in [6, 6.07) is 21.1. The van der Waals surface area contributed by atoms with Crippen LogP contribution in [-0.2, 0) is 0 Å². The maximum Gasteiger partial charge on any atom is 0.139 e. The number of imidazole rings is 1. The quantitative estimate of drug-likeness (QED) is 0.463. The number of hydrogen-bond donors (Lipinski definition) is 1. The van der Waals surface area contributed by atoms with Crippen LogP contribution in [0.2, 0.25) is 0 Å².